The highest BCUT2D eigenvalue weighted by Gasteiger charge is 2.34. The van der Waals surface area contributed by atoms with Crippen LogP contribution < -0.4 is 10.0 Å². The van der Waals surface area contributed by atoms with Gasteiger partial charge in [-0.15, -0.1) is 0 Å². The number of sulfonamides is 1. The van der Waals surface area contributed by atoms with Crippen LogP contribution in [0.4, 0.5) is 18.9 Å². The molecule has 0 unspecified atom stereocenters. The number of halogens is 3. The zero-order valence-corrected chi connectivity index (χ0v) is 18.2. The molecular weight excluding hydrogens is 459 g/mol. The molecule has 1 aliphatic heterocycles. The van der Waals surface area contributed by atoms with Crippen molar-refractivity contribution in [2.45, 2.75) is 30.0 Å². The van der Waals surface area contributed by atoms with Gasteiger partial charge in [0.15, 0.2) is 0 Å². The van der Waals surface area contributed by atoms with Crippen LogP contribution >= 0.6 is 0 Å². The van der Waals surface area contributed by atoms with Crippen molar-refractivity contribution in [3.8, 4) is 0 Å². The summed E-state index contributed by atoms with van der Waals surface area (Å²) in [5.41, 5.74) is 0.683. The Hall–Kier alpha value is -2.96. The zero-order chi connectivity index (χ0) is 23.6. The first-order chi connectivity index (χ1) is 15.6. The molecule has 1 saturated heterocycles. The first-order valence-corrected chi connectivity index (χ1v) is 11.7. The predicted molar refractivity (Wildman–Crippen MR) is 116 cm³/mol. The quantitative estimate of drug-likeness (QED) is 0.502. The molecule has 33 heavy (non-hydrogen) atoms. The number of nitrogens with zero attached hydrogens (tertiary/aromatic N) is 2. The summed E-state index contributed by atoms with van der Waals surface area (Å²) in [4.78, 5) is 20.2. The van der Waals surface area contributed by atoms with Crippen LogP contribution in [0.15, 0.2) is 53.4 Å². The van der Waals surface area contributed by atoms with Gasteiger partial charge in [0.2, 0.25) is 21.8 Å². The number of fused-ring (bicyclic) bond motifs is 1. The number of carbonyl (C=O) groups excluding carboxylic acids is 1. The number of nitrogens with one attached hydrogen (secondary N) is 3. The Morgan fingerprint density at radius 3 is 2.48 bits per heavy atom. The van der Waals surface area contributed by atoms with E-state index in [0.717, 1.165) is 0 Å². The molecule has 2 aromatic carbocycles. The van der Waals surface area contributed by atoms with Crippen molar-refractivity contribution < 1.29 is 26.4 Å². The van der Waals surface area contributed by atoms with E-state index in [1.807, 2.05) is 4.90 Å². The summed E-state index contributed by atoms with van der Waals surface area (Å²) >= 11 is 0. The van der Waals surface area contributed by atoms with Gasteiger partial charge in [-0.2, -0.15) is 13.2 Å². The number of likely N-dealkylation sites (tertiary alicyclic amines) is 1. The van der Waals surface area contributed by atoms with Crippen LogP contribution in [-0.2, 0) is 21.0 Å². The summed E-state index contributed by atoms with van der Waals surface area (Å²) in [5, 5.41) is 2.68. The molecule has 0 spiro atoms. The molecule has 1 aromatic heterocycles. The summed E-state index contributed by atoms with van der Waals surface area (Å²) in [7, 11) is -3.59. The maximum absolute atomic E-state index is 12.8. The van der Waals surface area contributed by atoms with Crippen molar-refractivity contribution in [2.75, 3.05) is 25.0 Å². The fourth-order valence-corrected chi connectivity index (χ4v) is 5.05. The minimum atomic E-state index is -4.58. The highest BCUT2D eigenvalue weighted by Crippen LogP contribution is 2.29. The van der Waals surface area contributed by atoms with Crippen LogP contribution in [0, 0.1) is 0 Å². The van der Waals surface area contributed by atoms with Gasteiger partial charge in [-0.25, -0.2) is 18.1 Å². The van der Waals surface area contributed by atoms with Crippen LogP contribution in [0.3, 0.4) is 0 Å². The van der Waals surface area contributed by atoms with Crippen molar-refractivity contribution in [2.24, 2.45) is 0 Å². The van der Waals surface area contributed by atoms with Crippen LogP contribution in [0.2, 0.25) is 0 Å². The SMILES string of the molecule is O=C(CN1CCC(NS(=O)(=O)c2ccccc2)CC1)Nc1ccc2nc(C(F)(F)F)[nH]c2c1. The Kier molecular flexibility index (Phi) is 6.41. The summed E-state index contributed by atoms with van der Waals surface area (Å²) in [5.74, 6) is -1.40. The molecule has 4 rings (SSSR count). The number of carbonyl (C=O) groups is 1. The fourth-order valence-electron chi connectivity index (χ4n) is 3.72. The Morgan fingerprint density at radius 1 is 1.12 bits per heavy atom. The molecule has 2 heterocycles. The van der Waals surface area contributed by atoms with Crippen molar-refractivity contribution in [3.05, 3.63) is 54.4 Å². The average Bonchev–Trinajstić information content (AvgIpc) is 3.20. The molecule has 12 heteroatoms. The molecule has 3 aromatic rings. The smallest absolute Gasteiger partial charge is 0.334 e. The molecular formula is C21H22F3N5O3S. The van der Waals surface area contributed by atoms with Crippen molar-refractivity contribution in [3.63, 3.8) is 0 Å². The highest BCUT2D eigenvalue weighted by atomic mass is 32.2. The first-order valence-electron chi connectivity index (χ1n) is 10.3. The normalized spacial score (nSPS) is 16.2. The van der Waals surface area contributed by atoms with Crippen LogP contribution in [0.1, 0.15) is 18.7 Å². The van der Waals surface area contributed by atoms with Gasteiger partial charge < -0.3 is 10.3 Å². The van der Waals surface area contributed by atoms with E-state index in [-0.39, 0.29) is 34.4 Å². The Morgan fingerprint density at radius 2 is 1.82 bits per heavy atom. The number of anilines is 1. The highest BCUT2D eigenvalue weighted by molar-refractivity contribution is 7.89. The lowest BCUT2D eigenvalue weighted by Gasteiger charge is -2.31. The van der Waals surface area contributed by atoms with Crippen LogP contribution in [0.5, 0.6) is 0 Å². The standard InChI is InChI=1S/C21H22F3N5O3S/c22-21(23,24)20-26-17-7-6-15(12-18(17)27-20)25-19(30)13-29-10-8-14(9-11-29)28-33(31,32)16-4-2-1-3-5-16/h1-7,12,14,28H,8-11,13H2,(H,25,30)(H,26,27). The number of benzene rings is 2. The Labute approximate surface area is 188 Å². The van der Waals surface area contributed by atoms with Gasteiger partial charge in [0.25, 0.3) is 0 Å². The van der Waals surface area contributed by atoms with E-state index in [0.29, 0.717) is 31.6 Å². The van der Waals surface area contributed by atoms with E-state index >= 15 is 0 Å². The molecule has 0 aliphatic carbocycles. The number of rotatable bonds is 6. The fraction of sp³-hybridized carbons (Fsp3) is 0.333. The number of hydrogen-bond acceptors (Lipinski definition) is 5. The summed E-state index contributed by atoms with van der Waals surface area (Å²) < 4.78 is 66.0. The molecule has 1 amide bonds. The third kappa shape index (κ3) is 5.70. The van der Waals surface area contributed by atoms with E-state index in [1.54, 1.807) is 18.2 Å². The molecule has 0 saturated carbocycles. The number of piperidine rings is 1. The molecule has 0 atom stereocenters. The van der Waals surface area contributed by atoms with Gasteiger partial charge in [-0.1, -0.05) is 18.2 Å². The van der Waals surface area contributed by atoms with E-state index in [1.165, 1.54) is 30.3 Å². The number of amides is 1. The monoisotopic (exact) mass is 481 g/mol. The maximum atomic E-state index is 12.8. The van der Waals surface area contributed by atoms with Gasteiger partial charge in [-0.3, -0.25) is 9.69 Å². The number of hydrogen-bond donors (Lipinski definition) is 3. The lowest BCUT2D eigenvalue weighted by Crippen LogP contribution is -2.46. The van der Waals surface area contributed by atoms with Crippen molar-refractivity contribution in [1.82, 2.24) is 19.6 Å². The first kappa shape index (κ1) is 23.2. The topological polar surface area (TPSA) is 107 Å². The van der Waals surface area contributed by atoms with E-state index in [9.17, 15) is 26.4 Å². The lowest BCUT2D eigenvalue weighted by atomic mass is 10.1. The summed E-state index contributed by atoms with van der Waals surface area (Å²) in [6.07, 6.45) is -3.47. The number of H-pyrrole nitrogens is 1. The number of alkyl halides is 3. The molecule has 0 bridgehead atoms. The van der Waals surface area contributed by atoms with Crippen molar-refractivity contribution >= 4 is 32.7 Å². The second-order valence-electron chi connectivity index (χ2n) is 7.85. The summed E-state index contributed by atoms with van der Waals surface area (Å²) in [6, 6.07) is 12.2. The van der Waals surface area contributed by atoms with Crippen LogP contribution in [-0.4, -0.2) is 54.9 Å². The minimum Gasteiger partial charge on any atom is -0.334 e. The van der Waals surface area contributed by atoms with E-state index < -0.39 is 22.0 Å². The molecule has 3 N–H and O–H groups in total. The molecule has 176 valence electrons. The van der Waals surface area contributed by atoms with E-state index in [4.69, 9.17) is 0 Å². The number of aromatic nitrogens is 2. The third-order valence-corrected chi connectivity index (χ3v) is 6.90. The largest absolute Gasteiger partial charge is 0.449 e. The Balaban J connectivity index is 1.29. The van der Waals surface area contributed by atoms with Gasteiger partial charge in [0, 0.05) is 24.8 Å². The molecule has 0 radical (unpaired) electrons. The maximum Gasteiger partial charge on any atom is 0.449 e. The molecule has 8 nitrogen and oxygen atoms in total. The van der Waals surface area contributed by atoms with Gasteiger partial charge in [0.1, 0.15) is 0 Å². The van der Waals surface area contributed by atoms with Crippen molar-refractivity contribution in [1.29, 1.82) is 0 Å². The second-order valence-corrected chi connectivity index (χ2v) is 9.56. The van der Waals surface area contributed by atoms with Gasteiger partial charge in [0.05, 0.1) is 22.5 Å². The lowest BCUT2D eigenvalue weighted by molar-refractivity contribution is -0.144. The average molecular weight is 482 g/mol. The molecule has 1 fully saturated rings. The second kappa shape index (κ2) is 9.12. The zero-order valence-electron chi connectivity index (χ0n) is 17.4. The number of imidazole rings is 1. The van der Waals surface area contributed by atoms with Gasteiger partial charge in [-0.05, 0) is 43.2 Å². The Bertz CT molecular complexity index is 1240. The van der Waals surface area contributed by atoms with Gasteiger partial charge >= 0.3 is 6.18 Å². The minimum absolute atomic E-state index is 0.0902. The third-order valence-electron chi connectivity index (χ3n) is 5.36. The van der Waals surface area contributed by atoms with E-state index in [2.05, 4.69) is 20.0 Å². The number of aromatic amines is 1. The predicted octanol–water partition coefficient (Wildman–Crippen LogP) is 2.96. The molecule has 1 aliphatic rings. The van der Waals surface area contributed by atoms with Crippen LogP contribution in [0.25, 0.3) is 11.0 Å². The summed E-state index contributed by atoms with van der Waals surface area (Å²) in [6.45, 7) is 1.15.